The number of fused-ring (bicyclic) bond motifs is 1. The molecule has 0 saturated carbocycles. The fourth-order valence-corrected chi connectivity index (χ4v) is 1.07. The SMILES string of the molecule is O=c1cc(F)c2ccccc2o1. The van der Waals surface area contributed by atoms with Gasteiger partial charge in [0.05, 0.1) is 11.5 Å². The van der Waals surface area contributed by atoms with E-state index in [1.54, 1.807) is 24.3 Å². The number of hydrogen-bond donors (Lipinski definition) is 0. The third kappa shape index (κ3) is 0.993. The van der Waals surface area contributed by atoms with Crippen molar-refractivity contribution in [2.45, 2.75) is 0 Å². The standard InChI is InChI=1S/C9H5FO2/c10-7-5-9(11)12-8-4-2-1-3-6(7)8/h1-5H. The second-order valence-electron chi connectivity index (χ2n) is 2.41. The van der Waals surface area contributed by atoms with Gasteiger partial charge in [-0.1, -0.05) is 12.1 Å². The van der Waals surface area contributed by atoms with E-state index < -0.39 is 11.4 Å². The Hall–Kier alpha value is -1.64. The second-order valence-corrected chi connectivity index (χ2v) is 2.41. The normalized spacial score (nSPS) is 10.4. The Morgan fingerprint density at radius 1 is 1.25 bits per heavy atom. The molecular weight excluding hydrogens is 159 g/mol. The summed E-state index contributed by atoms with van der Waals surface area (Å²) in [6.45, 7) is 0. The first-order chi connectivity index (χ1) is 5.77. The molecule has 0 radical (unpaired) electrons. The molecule has 2 aromatic rings. The lowest BCUT2D eigenvalue weighted by atomic mass is 10.2. The van der Waals surface area contributed by atoms with Crippen LogP contribution in [0.25, 0.3) is 11.0 Å². The van der Waals surface area contributed by atoms with Crippen LogP contribution in [0, 0.1) is 5.82 Å². The Bertz CT molecular complexity index is 473. The summed E-state index contributed by atoms with van der Waals surface area (Å²) in [6.07, 6.45) is 0. The van der Waals surface area contributed by atoms with Crippen LogP contribution in [-0.4, -0.2) is 0 Å². The highest BCUT2D eigenvalue weighted by atomic mass is 19.1. The molecule has 0 N–H and O–H groups in total. The first kappa shape index (κ1) is 7.03. The summed E-state index contributed by atoms with van der Waals surface area (Å²) >= 11 is 0. The van der Waals surface area contributed by atoms with E-state index >= 15 is 0 Å². The molecule has 0 fully saturated rings. The maximum atomic E-state index is 13.0. The number of hydrogen-bond acceptors (Lipinski definition) is 2. The summed E-state index contributed by atoms with van der Waals surface area (Å²) in [7, 11) is 0. The average molecular weight is 164 g/mol. The molecule has 0 bridgehead atoms. The van der Waals surface area contributed by atoms with E-state index in [1.165, 1.54) is 0 Å². The van der Waals surface area contributed by atoms with Crippen LogP contribution in [0.1, 0.15) is 0 Å². The van der Waals surface area contributed by atoms with Crippen LogP contribution in [0.15, 0.2) is 39.5 Å². The lowest BCUT2D eigenvalue weighted by Crippen LogP contribution is -1.97. The molecule has 2 rings (SSSR count). The quantitative estimate of drug-likeness (QED) is 0.557. The maximum absolute atomic E-state index is 13.0. The number of rotatable bonds is 0. The van der Waals surface area contributed by atoms with E-state index in [4.69, 9.17) is 4.42 Å². The number of halogens is 1. The minimum atomic E-state index is -0.661. The highest BCUT2D eigenvalue weighted by molar-refractivity contribution is 5.76. The van der Waals surface area contributed by atoms with Crippen molar-refractivity contribution in [2.24, 2.45) is 0 Å². The highest BCUT2D eigenvalue weighted by Gasteiger charge is 2.02. The monoisotopic (exact) mass is 164 g/mol. The van der Waals surface area contributed by atoms with Crippen LogP contribution >= 0.6 is 0 Å². The predicted molar refractivity (Wildman–Crippen MR) is 42.4 cm³/mol. The van der Waals surface area contributed by atoms with Crippen molar-refractivity contribution in [1.29, 1.82) is 0 Å². The molecule has 0 aliphatic heterocycles. The lowest BCUT2D eigenvalue weighted by Gasteiger charge is -1.94. The topological polar surface area (TPSA) is 30.2 Å². The molecule has 0 atom stereocenters. The molecule has 0 unspecified atom stereocenters. The van der Waals surface area contributed by atoms with Gasteiger partial charge >= 0.3 is 5.63 Å². The lowest BCUT2D eigenvalue weighted by molar-refractivity contribution is 0.538. The van der Waals surface area contributed by atoms with Crippen molar-refractivity contribution in [3.8, 4) is 0 Å². The Morgan fingerprint density at radius 3 is 2.83 bits per heavy atom. The smallest absolute Gasteiger partial charge is 0.339 e. The average Bonchev–Trinajstić information content (AvgIpc) is 2.04. The molecule has 0 saturated heterocycles. The van der Waals surface area contributed by atoms with Gasteiger partial charge in [0, 0.05) is 0 Å². The van der Waals surface area contributed by atoms with Crippen molar-refractivity contribution in [3.05, 3.63) is 46.6 Å². The Morgan fingerprint density at radius 2 is 2.00 bits per heavy atom. The zero-order valence-electron chi connectivity index (χ0n) is 6.08. The van der Waals surface area contributed by atoms with Gasteiger partial charge in [0.25, 0.3) is 0 Å². The minimum absolute atomic E-state index is 0.280. The van der Waals surface area contributed by atoms with E-state index in [9.17, 15) is 9.18 Å². The van der Waals surface area contributed by atoms with Gasteiger partial charge in [0.1, 0.15) is 11.4 Å². The van der Waals surface area contributed by atoms with Gasteiger partial charge in [0.15, 0.2) is 0 Å². The van der Waals surface area contributed by atoms with E-state index in [0.29, 0.717) is 5.39 Å². The molecule has 0 aliphatic rings. The van der Waals surface area contributed by atoms with Crippen LogP contribution in [0.2, 0.25) is 0 Å². The summed E-state index contributed by atoms with van der Waals surface area (Å²) in [4.78, 5) is 10.7. The van der Waals surface area contributed by atoms with Crippen LogP contribution in [0.4, 0.5) is 4.39 Å². The fourth-order valence-electron chi connectivity index (χ4n) is 1.07. The first-order valence-corrected chi connectivity index (χ1v) is 3.46. The van der Waals surface area contributed by atoms with Gasteiger partial charge in [-0.15, -0.1) is 0 Å². The van der Waals surface area contributed by atoms with E-state index in [2.05, 4.69) is 0 Å². The molecule has 60 valence electrons. The molecule has 0 spiro atoms. The van der Waals surface area contributed by atoms with Crippen molar-refractivity contribution in [1.82, 2.24) is 0 Å². The minimum Gasteiger partial charge on any atom is -0.423 e. The van der Waals surface area contributed by atoms with Crippen LogP contribution in [-0.2, 0) is 0 Å². The summed E-state index contributed by atoms with van der Waals surface area (Å²) in [6, 6.07) is 7.33. The van der Waals surface area contributed by atoms with Crippen molar-refractivity contribution >= 4 is 11.0 Å². The van der Waals surface area contributed by atoms with Gasteiger partial charge in [0.2, 0.25) is 0 Å². The third-order valence-electron chi connectivity index (χ3n) is 1.60. The van der Waals surface area contributed by atoms with E-state index in [1.807, 2.05) is 0 Å². The molecule has 1 aromatic heterocycles. The molecule has 1 aromatic carbocycles. The van der Waals surface area contributed by atoms with Crippen molar-refractivity contribution in [3.63, 3.8) is 0 Å². The summed E-state index contributed by atoms with van der Waals surface area (Å²) in [5.74, 6) is -0.540. The summed E-state index contributed by atoms with van der Waals surface area (Å²) in [5, 5.41) is 0.331. The molecule has 0 aliphatic carbocycles. The van der Waals surface area contributed by atoms with Crippen LogP contribution in [0.5, 0.6) is 0 Å². The highest BCUT2D eigenvalue weighted by Crippen LogP contribution is 2.13. The zero-order chi connectivity index (χ0) is 8.55. The second kappa shape index (κ2) is 2.44. The zero-order valence-corrected chi connectivity index (χ0v) is 6.08. The number of para-hydroxylation sites is 1. The van der Waals surface area contributed by atoms with E-state index in [-0.39, 0.29) is 5.58 Å². The Balaban J connectivity index is 2.99. The summed E-state index contributed by atoms with van der Waals surface area (Å²) in [5.41, 5.74) is -0.381. The fraction of sp³-hybridized carbons (Fsp3) is 0. The van der Waals surface area contributed by atoms with Gasteiger partial charge in [-0.05, 0) is 12.1 Å². The van der Waals surface area contributed by atoms with Gasteiger partial charge < -0.3 is 4.42 Å². The summed E-state index contributed by atoms with van der Waals surface area (Å²) < 4.78 is 17.7. The third-order valence-corrected chi connectivity index (χ3v) is 1.60. The molecule has 0 amide bonds. The first-order valence-electron chi connectivity index (χ1n) is 3.46. The van der Waals surface area contributed by atoms with Gasteiger partial charge in [-0.25, -0.2) is 9.18 Å². The molecule has 2 nitrogen and oxygen atoms in total. The predicted octanol–water partition coefficient (Wildman–Crippen LogP) is 1.93. The molecule has 12 heavy (non-hydrogen) atoms. The maximum Gasteiger partial charge on any atom is 0.339 e. The van der Waals surface area contributed by atoms with Gasteiger partial charge in [-0.3, -0.25) is 0 Å². The van der Waals surface area contributed by atoms with E-state index in [0.717, 1.165) is 6.07 Å². The van der Waals surface area contributed by atoms with Crippen molar-refractivity contribution < 1.29 is 8.81 Å². The Kier molecular flexibility index (Phi) is 1.43. The van der Waals surface area contributed by atoms with Crippen molar-refractivity contribution in [2.75, 3.05) is 0 Å². The molecule has 3 heteroatoms. The largest absolute Gasteiger partial charge is 0.423 e. The molecule has 1 heterocycles. The number of benzene rings is 1. The molecular formula is C9H5FO2. The Labute approximate surface area is 67.2 Å². The van der Waals surface area contributed by atoms with Gasteiger partial charge in [-0.2, -0.15) is 0 Å². The van der Waals surface area contributed by atoms with Crippen LogP contribution < -0.4 is 5.63 Å². The van der Waals surface area contributed by atoms with Crippen LogP contribution in [0.3, 0.4) is 0 Å².